The third-order valence-corrected chi connectivity index (χ3v) is 8.75. The van der Waals surface area contributed by atoms with Crippen molar-refractivity contribution in [3.8, 4) is 0 Å². The summed E-state index contributed by atoms with van der Waals surface area (Å²) in [7, 11) is 0. The first-order valence-electron chi connectivity index (χ1n) is 9.94. The molecule has 0 bridgehead atoms. The van der Waals surface area contributed by atoms with Crippen molar-refractivity contribution in [2.45, 2.75) is 29.9 Å². The summed E-state index contributed by atoms with van der Waals surface area (Å²) in [4.78, 5) is 0. The molecule has 4 heteroatoms. The molecule has 0 saturated heterocycles. The number of hydrogen-bond donors (Lipinski definition) is 0. The number of para-hydroxylation sites is 1. The van der Waals surface area contributed by atoms with Crippen LogP contribution in [-0.4, -0.2) is 4.57 Å². The normalized spacial score (nSPS) is 18.4. The molecular formula is C25H21Cl2NTi. The van der Waals surface area contributed by atoms with Gasteiger partial charge in [0.05, 0.1) is 0 Å². The van der Waals surface area contributed by atoms with E-state index < -0.39 is 0 Å². The summed E-state index contributed by atoms with van der Waals surface area (Å²) in [6.45, 7) is 0. The van der Waals surface area contributed by atoms with Crippen LogP contribution in [-0.2, 0) is 32.0 Å². The molecule has 144 valence electrons. The topological polar surface area (TPSA) is 4.93 Å². The number of fused-ring (bicyclic) bond motifs is 4. The van der Waals surface area contributed by atoms with Crippen molar-refractivity contribution in [1.29, 1.82) is 0 Å². The summed E-state index contributed by atoms with van der Waals surface area (Å²) in [5.74, 6) is 0. The Bertz CT molecular complexity index is 1170. The predicted octanol–water partition coefficient (Wildman–Crippen LogP) is 0.117. The van der Waals surface area contributed by atoms with Crippen LogP contribution >= 0.6 is 0 Å². The average Bonchev–Trinajstić information content (AvgIpc) is 3.46. The molecular weight excluding hydrogens is 433 g/mol. The van der Waals surface area contributed by atoms with Gasteiger partial charge in [-0.15, -0.1) is 0 Å². The summed E-state index contributed by atoms with van der Waals surface area (Å²) >= 11 is -0.236. The van der Waals surface area contributed by atoms with Crippen LogP contribution in [0, 0.1) is 0 Å². The molecule has 1 heterocycles. The second kappa shape index (κ2) is 8.32. The number of hydrogen-bond acceptors (Lipinski definition) is 0. The third kappa shape index (κ3) is 3.29. The molecule has 3 aliphatic rings. The molecule has 1 atom stereocenters. The maximum Gasteiger partial charge on any atom is -1.00 e. The van der Waals surface area contributed by atoms with E-state index in [9.17, 15) is 0 Å². The maximum absolute atomic E-state index is 2.65. The average molecular weight is 454 g/mol. The largest absolute Gasteiger partial charge is 1.00 e. The van der Waals surface area contributed by atoms with E-state index in [-0.39, 0.29) is 44.0 Å². The third-order valence-electron chi connectivity index (χ3n) is 6.19. The minimum Gasteiger partial charge on any atom is -1.00 e. The van der Waals surface area contributed by atoms with Crippen molar-refractivity contribution in [2.24, 2.45) is 0 Å². The van der Waals surface area contributed by atoms with Gasteiger partial charge in [0.25, 0.3) is 0 Å². The Kier molecular flexibility index (Phi) is 5.95. The van der Waals surface area contributed by atoms with E-state index in [0.717, 1.165) is 6.42 Å². The van der Waals surface area contributed by atoms with Gasteiger partial charge < -0.3 is 24.8 Å². The first kappa shape index (κ1) is 20.8. The maximum atomic E-state index is 2.65. The molecule has 0 N–H and O–H groups in total. The van der Waals surface area contributed by atoms with Crippen LogP contribution in [0.4, 0.5) is 0 Å². The fourth-order valence-corrected chi connectivity index (χ4v) is 7.48. The Balaban J connectivity index is 0.00000102. The standard InChI is InChI=1S/C20H16N.C5H5.2ClH.Ti/c1-2-7-15-13-16(12-14(15)6-1)21-19-10-4-3-8-17(19)18-9-5-11-20(18)21;1-2-4-5-3-1;;;/h1-4,6-8,10,12-13H,5,9,11H2;1-3H,4H2;2*1H;/q;;;;+2/p-2. The monoisotopic (exact) mass is 453 g/mol. The Morgan fingerprint density at radius 1 is 0.931 bits per heavy atom. The molecule has 2 aromatic carbocycles. The van der Waals surface area contributed by atoms with E-state index in [1.165, 1.54) is 41.4 Å². The molecule has 0 aliphatic heterocycles. The molecule has 0 amide bonds. The van der Waals surface area contributed by atoms with E-state index in [4.69, 9.17) is 0 Å². The molecule has 3 aromatic rings. The number of nitrogens with zero attached hydrogens (tertiary/aromatic N) is 1. The second-order valence-corrected chi connectivity index (χ2v) is 10.1. The molecule has 29 heavy (non-hydrogen) atoms. The summed E-state index contributed by atoms with van der Waals surface area (Å²) in [5, 5.41) is 1.47. The van der Waals surface area contributed by atoms with Crippen molar-refractivity contribution in [2.75, 3.05) is 0 Å². The van der Waals surface area contributed by atoms with Crippen molar-refractivity contribution < 1.29 is 44.0 Å². The van der Waals surface area contributed by atoms with Crippen LogP contribution in [0.2, 0.25) is 0 Å². The number of allylic oxidation sites excluding steroid dienone is 5. The quantitative estimate of drug-likeness (QED) is 0.496. The van der Waals surface area contributed by atoms with Crippen molar-refractivity contribution in [1.82, 2.24) is 4.57 Å². The zero-order valence-electron chi connectivity index (χ0n) is 16.0. The van der Waals surface area contributed by atoms with Gasteiger partial charge >= 0.3 is 169 Å². The molecule has 6 rings (SSSR count). The van der Waals surface area contributed by atoms with Crippen molar-refractivity contribution in [3.63, 3.8) is 0 Å². The fraction of sp³-hybridized carbons (Fsp3) is 0.200. The SMILES string of the molecule is C1=CC[C]([Ti+2][CH]2C(n3c4c(c5ccccc53)CCC4)=Cc3ccccc32)=C1.[Cl-].[Cl-]. The van der Waals surface area contributed by atoms with Gasteiger partial charge in [-0.3, -0.25) is 0 Å². The molecule has 1 nitrogen and oxygen atoms in total. The summed E-state index contributed by atoms with van der Waals surface area (Å²) in [6, 6.07) is 18.1. The number of rotatable bonds is 3. The van der Waals surface area contributed by atoms with Gasteiger partial charge in [0, 0.05) is 0 Å². The number of aromatic nitrogens is 1. The molecule has 0 fully saturated rings. The molecule has 0 saturated carbocycles. The van der Waals surface area contributed by atoms with E-state index in [0.29, 0.717) is 4.22 Å². The van der Waals surface area contributed by atoms with Gasteiger partial charge in [0.15, 0.2) is 0 Å². The van der Waals surface area contributed by atoms with E-state index in [2.05, 4.69) is 77.4 Å². The Labute approximate surface area is 193 Å². The molecule has 1 aromatic heterocycles. The van der Waals surface area contributed by atoms with Gasteiger partial charge in [-0.1, -0.05) is 0 Å². The van der Waals surface area contributed by atoms with Gasteiger partial charge in [-0.2, -0.15) is 0 Å². The van der Waals surface area contributed by atoms with Crippen LogP contribution in [0.5, 0.6) is 0 Å². The Morgan fingerprint density at radius 3 is 2.62 bits per heavy atom. The van der Waals surface area contributed by atoms with Gasteiger partial charge in [-0.05, 0) is 0 Å². The zero-order chi connectivity index (χ0) is 17.8. The minimum absolute atomic E-state index is 0. The first-order valence-corrected chi connectivity index (χ1v) is 11.6. The molecule has 0 spiro atoms. The van der Waals surface area contributed by atoms with Crippen LogP contribution < -0.4 is 24.8 Å². The van der Waals surface area contributed by atoms with Gasteiger partial charge in [-0.25, -0.2) is 0 Å². The molecule has 3 aliphatic carbocycles. The Morgan fingerprint density at radius 2 is 1.76 bits per heavy atom. The van der Waals surface area contributed by atoms with E-state index in [1.54, 1.807) is 20.7 Å². The van der Waals surface area contributed by atoms with Crippen LogP contribution in [0.25, 0.3) is 22.7 Å². The Hall–Kier alpha value is -1.51. The number of aryl methyl sites for hydroxylation is 1. The van der Waals surface area contributed by atoms with Crippen molar-refractivity contribution in [3.05, 3.63) is 93.0 Å². The first-order chi connectivity index (χ1) is 13.4. The summed E-state index contributed by atoms with van der Waals surface area (Å²) in [6.07, 6.45) is 14.3. The molecule has 0 radical (unpaired) electrons. The van der Waals surface area contributed by atoms with Crippen molar-refractivity contribution >= 4 is 22.7 Å². The van der Waals surface area contributed by atoms with Crippen LogP contribution in [0.3, 0.4) is 0 Å². The van der Waals surface area contributed by atoms with E-state index >= 15 is 0 Å². The van der Waals surface area contributed by atoms with Gasteiger partial charge in [0.2, 0.25) is 0 Å². The van der Waals surface area contributed by atoms with Gasteiger partial charge in [0.1, 0.15) is 0 Å². The molecule has 1 unspecified atom stereocenters. The summed E-state index contributed by atoms with van der Waals surface area (Å²) < 4.78 is 4.90. The predicted molar refractivity (Wildman–Crippen MR) is 109 cm³/mol. The number of benzene rings is 2. The van der Waals surface area contributed by atoms with E-state index in [1.807, 2.05) is 0 Å². The fourth-order valence-electron chi connectivity index (χ4n) is 5.02. The van der Waals surface area contributed by atoms with Crippen LogP contribution in [0.1, 0.15) is 39.4 Å². The number of halogens is 2. The second-order valence-electron chi connectivity index (χ2n) is 7.73. The van der Waals surface area contributed by atoms with Crippen LogP contribution in [0.15, 0.2) is 70.6 Å². The zero-order valence-corrected chi connectivity index (χ0v) is 19.1. The minimum atomic E-state index is -0.236. The smallest absolute Gasteiger partial charge is 1.00 e. The summed E-state index contributed by atoms with van der Waals surface area (Å²) in [5.41, 5.74) is 9.09.